The number of aromatic nitrogens is 1. The van der Waals surface area contributed by atoms with Gasteiger partial charge in [-0.05, 0) is 29.8 Å². The molecule has 0 aliphatic heterocycles. The van der Waals surface area contributed by atoms with Gasteiger partial charge in [0, 0.05) is 24.2 Å². The minimum Gasteiger partial charge on any atom is -0.478 e. The summed E-state index contributed by atoms with van der Waals surface area (Å²) in [6.07, 6.45) is 5.34. The molecule has 1 heterocycles. The third-order valence-corrected chi connectivity index (χ3v) is 2.90. The van der Waals surface area contributed by atoms with Crippen LogP contribution in [0.25, 0.3) is 6.08 Å². The molecule has 0 bridgehead atoms. The quantitative estimate of drug-likeness (QED) is 0.851. The van der Waals surface area contributed by atoms with Crippen LogP contribution in [0.15, 0.2) is 48.8 Å². The highest BCUT2D eigenvalue weighted by Gasteiger charge is 2.10. The van der Waals surface area contributed by atoms with Crippen LogP contribution in [0.4, 0.5) is 5.69 Å². The SMILES string of the molecule is O=C(O)/C=C/c1cccc(NC(=O)c2cnccc2Cl)c1. The Morgan fingerprint density at radius 2 is 2.10 bits per heavy atom. The summed E-state index contributed by atoms with van der Waals surface area (Å²) in [5.41, 5.74) is 1.46. The van der Waals surface area contributed by atoms with Gasteiger partial charge in [-0.25, -0.2) is 4.79 Å². The summed E-state index contributed by atoms with van der Waals surface area (Å²) in [5, 5.41) is 11.6. The summed E-state index contributed by atoms with van der Waals surface area (Å²) >= 11 is 5.92. The molecule has 0 radical (unpaired) electrons. The first-order chi connectivity index (χ1) is 10.1. The van der Waals surface area contributed by atoms with Gasteiger partial charge in [0.1, 0.15) is 0 Å². The minimum absolute atomic E-state index is 0.269. The summed E-state index contributed by atoms with van der Waals surface area (Å²) < 4.78 is 0. The molecule has 1 aromatic carbocycles. The summed E-state index contributed by atoms with van der Waals surface area (Å²) in [5.74, 6) is -1.42. The molecule has 0 atom stereocenters. The lowest BCUT2D eigenvalue weighted by Crippen LogP contribution is -2.12. The molecule has 0 fully saturated rings. The number of pyridine rings is 1. The fourth-order valence-electron chi connectivity index (χ4n) is 1.63. The molecule has 21 heavy (non-hydrogen) atoms. The maximum Gasteiger partial charge on any atom is 0.328 e. The second-order valence-corrected chi connectivity index (χ2v) is 4.51. The number of carbonyl (C=O) groups excluding carboxylic acids is 1. The van der Waals surface area contributed by atoms with E-state index in [1.165, 1.54) is 24.5 Å². The molecule has 0 aliphatic rings. The second-order valence-electron chi connectivity index (χ2n) is 4.11. The van der Waals surface area contributed by atoms with Crippen LogP contribution in [0.1, 0.15) is 15.9 Å². The zero-order chi connectivity index (χ0) is 15.2. The lowest BCUT2D eigenvalue weighted by atomic mass is 10.1. The van der Waals surface area contributed by atoms with Crippen LogP contribution >= 0.6 is 11.6 Å². The van der Waals surface area contributed by atoms with Crippen molar-refractivity contribution in [3.63, 3.8) is 0 Å². The average Bonchev–Trinajstić information content (AvgIpc) is 2.46. The fourth-order valence-corrected chi connectivity index (χ4v) is 1.82. The number of carbonyl (C=O) groups is 2. The lowest BCUT2D eigenvalue weighted by Gasteiger charge is -2.07. The van der Waals surface area contributed by atoms with E-state index in [0.717, 1.165) is 6.08 Å². The van der Waals surface area contributed by atoms with Gasteiger partial charge in [0.2, 0.25) is 0 Å². The minimum atomic E-state index is -1.04. The van der Waals surface area contributed by atoms with Crippen molar-refractivity contribution in [3.05, 3.63) is 65.0 Å². The zero-order valence-corrected chi connectivity index (χ0v) is 11.5. The smallest absolute Gasteiger partial charge is 0.328 e. The Labute approximate surface area is 125 Å². The van der Waals surface area contributed by atoms with Crippen molar-refractivity contribution in [2.45, 2.75) is 0 Å². The monoisotopic (exact) mass is 302 g/mol. The third-order valence-electron chi connectivity index (χ3n) is 2.58. The second kappa shape index (κ2) is 6.67. The molecule has 5 nitrogen and oxygen atoms in total. The number of anilines is 1. The van der Waals surface area contributed by atoms with Crippen LogP contribution in [0.5, 0.6) is 0 Å². The standard InChI is InChI=1S/C15H11ClN2O3/c16-13-6-7-17-9-12(13)15(21)18-11-3-1-2-10(8-11)4-5-14(19)20/h1-9H,(H,18,21)(H,19,20)/b5-4+. The number of hydrogen-bond donors (Lipinski definition) is 2. The maximum atomic E-state index is 12.1. The molecular formula is C15H11ClN2O3. The first-order valence-electron chi connectivity index (χ1n) is 5.98. The fraction of sp³-hybridized carbons (Fsp3) is 0. The van der Waals surface area contributed by atoms with Crippen LogP contribution in [0, 0.1) is 0 Å². The van der Waals surface area contributed by atoms with E-state index in [1.54, 1.807) is 24.3 Å². The highest BCUT2D eigenvalue weighted by molar-refractivity contribution is 6.34. The Hall–Kier alpha value is -2.66. The Bertz CT molecular complexity index is 714. The predicted molar refractivity (Wildman–Crippen MR) is 80.3 cm³/mol. The molecule has 1 amide bonds. The Balaban J connectivity index is 2.17. The number of hydrogen-bond acceptors (Lipinski definition) is 3. The van der Waals surface area contributed by atoms with Crippen molar-refractivity contribution in [2.75, 3.05) is 5.32 Å². The molecule has 0 spiro atoms. The van der Waals surface area contributed by atoms with Gasteiger partial charge in [-0.1, -0.05) is 23.7 Å². The van der Waals surface area contributed by atoms with E-state index in [0.29, 0.717) is 16.3 Å². The van der Waals surface area contributed by atoms with Crippen molar-refractivity contribution in [1.82, 2.24) is 4.98 Å². The number of benzene rings is 1. The molecule has 6 heteroatoms. The van der Waals surface area contributed by atoms with Gasteiger partial charge in [-0.15, -0.1) is 0 Å². The van der Waals surface area contributed by atoms with E-state index in [4.69, 9.17) is 16.7 Å². The molecule has 0 saturated heterocycles. The van der Waals surface area contributed by atoms with Crippen LogP contribution in [-0.4, -0.2) is 22.0 Å². The summed E-state index contributed by atoms with van der Waals surface area (Å²) in [7, 11) is 0. The maximum absolute atomic E-state index is 12.1. The number of carboxylic acids is 1. The average molecular weight is 303 g/mol. The third kappa shape index (κ3) is 4.15. The van der Waals surface area contributed by atoms with E-state index >= 15 is 0 Å². The number of aliphatic carboxylic acids is 1. The number of amides is 1. The van der Waals surface area contributed by atoms with Crippen molar-refractivity contribution in [3.8, 4) is 0 Å². The zero-order valence-electron chi connectivity index (χ0n) is 10.8. The first kappa shape index (κ1) is 14.7. The van der Waals surface area contributed by atoms with Gasteiger partial charge in [-0.2, -0.15) is 0 Å². The molecule has 2 N–H and O–H groups in total. The topological polar surface area (TPSA) is 79.3 Å². The van der Waals surface area contributed by atoms with E-state index in [-0.39, 0.29) is 11.5 Å². The number of nitrogens with one attached hydrogen (secondary N) is 1. The number of carboxylic acid groups (broad SMARTS) is 1. The molecular weight excluding hydrogens is 292 g/mol. The Kier molecular flexibility index (Phi) is 4.68. The van der Waals surface area contributed by atoms with E-state index in [9.17, 15) is 9.59 Å². The largest absolute Gasteiger partial charge is 0.478 e. The van der Waals surface area contributed by atoms with Crippen LogP contribution in [0.3, 0.4) is 0 Å². The Morgan fingerprint density at radius 1 is 1.29 bits per heavy atom. The normalized spacial score (nSPS) is 10.5. The van der Waals surface area contributed by atoms with Gasteiger partial charge >= 0.3 is 5.97 Å². The highest BCUT2D eigenvalue weighted by atomic mass is 35.5. The molecule has 106 valence electrons. The van der Waals surface area contributed by atoms with Crippen LogP contribution in [0.2, 0.25) is 5.02 Å². The molecule has 0 unspecified atom stereocenters. The highest BCUT2D eigenvalue weighted by Crippen LogP contribution is 2.17. The van der Waals surface area contributed by atoms with Crippen molar-refractivity contribution >= 4 is 35.2 Å². The van der Waals surface area contributed by atoms with Gasteiger partial charge in [0.05, 0.1) is 10.6 Å². The van der Waals surface area contributed by atoms with Crippen molar-refractivity contribution in [1.29, 1.82) is 0 Å². The van der Waals surface area contributed by atoms with Gasteiger partial charge in [0.25, 0.3) is 5.91 Å². The van der Waals surface area contributed by atoms with Crippen LogP contribution < -0.4 is 5.32 Å². The summed E-state index contributed by atoms with van der Waals surface area (Å²) in [4.78, 5) is 26.4. The van der Waals surface area contributed by atoms with Gasteiger partial charge in [0.15, 0.2) is 0 Å². The first-order valence-corrected chi connectivity index (χ1v) is 6.36. The molecule has 2 aromatic rings. The van der Waals surface area contributed by atoms with E-state index < -0.39 is 5.97 Å². The van der Waals surface area contributed by atoms with Gasteiger partial charge in [-0.3, -0.25) is 9.78 Å². The Morgan fingerprint density at radius 3 is 2.81 bits per heavy atom. The molecule has 1 aromatic heterocycles. The number of halogens is 1. The van der Waals surface area contributed by atoms with E-state index in [1.807, 2.05) is 0 Å². The molecule has 2 rings (SSSR count). The van der Waals surface area contributed by atoms with Crippen molar-refractivity contribution < 1.29 is 14.7 Å². The van der Waals surface area contributed by atoms with E-state index in [2.05, 4.69) is 10.3 Å². The number of rotatable bonds is 4. The van der Waals surface area contributed by atoms with Gasteiger partial charge < -0.3 is 10.4 Å². The predicted octanol–water partition coefficient (Wildman–Crippen LogP) is 3.09. The lowest BCUT2D eigenvalue weighted by molar-refractivity contribution is -0.131. The number of nitrogens with zero attached hydrogens (tertiary/aromatic N) is 1. The summed E-state index contributed by atoms with van der Waals surface area (Å²) in [6.45, 7) is 0. The van der Waals surface area contributed by atoms with Crippen LogP contribution in [-0.2, 0) is 4.79 Å². The molecule has 0 saturated carbocycles. The summed E-state index contributed by atoms with van der Waals surface area (Å²) in [6, 6.07) is 8.32. The van der Waals surface area contributed by atoms with Crippen molar-refractivity contribution in [2.24, 2.45) is 0 Å². The molecule has 0 aliphatic carbocycles.